The van der Waals surface area contributed by atoms with Gasteiger partial charge >= 0.3 is 4.87 Å². The lowest BCUT2D eigenvalue weighted by Crippen LogP contribution is -2.31. The Hall–Kier alpha value is -1.34. The molecular weight excluding hydrogens is 300 g/mol. The number of rotatable bonds is 7. The van der Waals surface area contributed by atoms with Crippen LogP contribution in [0.15, 0.2) is 34.4 Å². The number of nitrogens with one attached hydrogen (secondary N) is 2. The van der Waals surface area contributed by atoms with Crippen LogP contribution < -0.4 is 14.9 Å². The average Bonchev–Trinajstić information content (AvgIpc) is 2.84. The quantitative estimate of drug-likeness (QED) is 0.726. The van der Waals surface area contributed by atoms with Gasteiger partial charge in [0, 0.05) is 29.2 Å². The number of thiazole rings is 1. The van der Waals surface area contributed by atoms with Crippen LogP contribution in [-0.2, 0) is 6.54 Å². The number of aliphatic hydroxyl groups excluding tert-OH is 1. The predicted molar refractivity (Wildman–Crippen MR) is 79.6 cm³/mol. The Bertz CT molecular complexity index is 582. The molecule has 0 aliphatic rings. The van der Waals surface area contributed by atoms with Crippen LogP contribution in [0.5, 0.6) is 5.75 Å². The second kappa shape index (κ2) is 7.44. The molecule has 0 radical (unpaired) electrons. The summed E-state index contributed by atoms with van der Waals surface area (Å²) in [6.07, 6.45) is -0.629. The fourth-order valence-corrected chi connectivity index (χ4v) is 2.26. The molecule has 1 aromatic carbocycles. The molecule has 2 aromatic rings. The molecule has 1 aromatic heterocycles. The molecule has 1 heterocycles. The van der Waals surface area contributed by atoms with Gasteiger partial charge in [-0.2, -0.15) is 0 Å². The standard InChI is InChI=1S/C13H15ClN2O3S/c14-9-1-3-12(4-2-9)19-7-11(17)6-15-5-10-8-20-13(18)16-10/h1-4,8,11,15,17H,5-7H2,(H,16,18). The van der Waals surface area contributed by atoms with Crippen molar-refractivity contribution in [3.63, 3.8) is 0 Å². The molecule has 0 saturated carbocycles. The van der Waals surface area contributed by atoms with Gasteiger partial charge in [-0.3, -0.25) is 4.79 Å². The van der Waals surface area contributed by atoms with Crippen molar-refractivity contribution >= 4 is 22.9 Å². The van der Waals surface area contributed by atoms with Crippen molar-refractivity contribution in [2.75, 3.05) is 13.2 Å². The molecule has 7 heteroatoms. The summed E-state index contributed by atoms with van der Waals surface area (Å²) in [5.74, 6) is 0.663. The molecule has 20 heavy (non-hydrogen) atoms. The second-order valence-corrected chi connectivity index (χ2v) is 5.50. The Morgan fingerprint density at radius 1 is 1.40 bits per heavy atom. The van der Waals surface area contributed by atoms with Gasteiger partial charge in [-0.1, -0.05) is 22.9 Å². The third-order valence-electron chi connectivity index (χ3n) is 2.52. The summed E-state index contributed by atoms with van der Waals surface area (Å²) in [5, 5.41) is 15.2. The highest BCUT2D eigenvalue weighted by Crippen LogP contribution is 2.15. The van der Waals surface area contributed by atoms with Crippen LogP contribution in [0.2, 0.25) is 5.02 Å². The topological polar surface area (TPSA) is 74.4 Å². The Balaban J connectivity index is 1.66. The number of aliphatic hydroxyl groups is 1. The summed E-state index contributed by atoms with van der Waals surface area (Å²) in [6.45, 7) is 1.08. The molecule has 0 aliphatic carbocycles. The van der Waals surface area contributed by atoms with Crippen molar-refractivity contribution in [3.8, 4) is 5.75 Å². The summed E-state index contributed by atoms with van der Waals surface area (Å²) in [6, 6.07) is 6.96. The van der Waals surface area contributed by atoms with E-state index in [1.54, 1.807) is 29.6 Å². The van der Waals surface area contributed by atoms with Gasteiger partial charge in [0.15, 0.2) is 0 Å². The molecule has 0 fully saturated rings. The van der Waals surface area contributed by atoms with E-state index < -0.39 is 6.10 Å². The summed E-state index contributed by atoms with van der Waals surface area (Å²) in [5.41, 5.74) is 0.811. The van der Waals surface area contributed by atoms with Crippen molar-refractivity contribution in [3.05, 3.63) is 50.0 Å². The first-order valence-electron chi connectivity index (χ1n) is 6.07. The lowest BCUT2D eigenvalue weighted by molar-refractivity contribution is 0.106. The van der Waals surface area contributed by atoms with Crippen LogP contribution in [-0.4, -0.2) is 29.3 Å². The Labute approximate surface area is 125 Å². The minimum absolute atomic E-state index is 0.0755. The molecule has 0 bridgehead atoms. The van der Waals surface area contributed by atoms with Crippen LogP contribution in [0, 0.1) is 0 Å². The normalized spacial score (nSPS) is 12.3. The SMILES string of the molecule is O=c1[nH]c(CNCC(O)COc2ccc(Cl)cc2)cs1. The van der Waals surface area contributed by atoms with Gasteiger partial charge < -0.3 is 20.1 Å². The monoisotopic (exact) mass is 314 g/mol. The number of hydrogen-bond donors (Lipinski definition) is 3. The number of benzene rings is 1. The Morgan fingerprint density at radius 2 is 2.15 bits per heavy atom. The lowest BCUT2D eigenvalue weighted by atomic mass is 10.3. The summed E-state index contributed by atoms with van der Waals surface area (Å²) < 4.78 is 5.43. The van der Waals surface area contributed by atoms with Crippen LogP contribution in [0.1, 0.15) is 5.69 Å². The van der Waals surface area contributed by atoms with E-state index in [1.165, 1.54) is 0 Å². The maximum atomic E-state index is 10.9. The Morgan fingerprint density at radius 3 is 2.80 bits per heavy atom. The zero-order valence-corrected chi connectivity index (χ0v) is 12.2. The number of hydrogen-bond acceptors (Lipinski definition) is 5. The molecule has 0 aliphatic heterocycles. The predicted octanol–water partition coefficient (Wildman–Crippen LogP) is 1.62. The highest BCUT2D eigenvalue weighted by molar-refractivity contribution is 7.07. The van der Waals surface area contributed by atoms with Crippen LogP contribution in [0.25, 0.3) is 0 Å². The number of H-pyrrole nitrogens is 1. The Kier molecular flexibility index (Phi) is 5.60. The zero-order chi connectivity index (χ0) is 14.4. The van der Waals surface area contributed by atoms with Gasteiger partial charge in [-0.15, -0.1) is 0 Å². The molecule has 0 saturated heterocycles. The van der Waals surface area contributed by atoms with Gasteiger partial charge in [0.1, 0.15) is 18.5 Å². The maximum absolute atomic E-state index is 10.9. The van der Waals surface area contributed by atoms with E-state index in [0.29, 0.717) is 23.9 Å². The van der Waals surface area contributed by atoms with E-state index in [-0.39, 0.29) is 11.5 Å². The number of aromatic amines is 1. The highest BCUT2D eigenvalue weighted by atomic mass is 35.5. The molecule has 2 rings (SSSR count). The van der Waals surface area contributed by atoms with Gasteiger partial charge in [-0.05, 0) is 24.3 Å². The van der Waals surface area contributed by atoms with Gasteiger partial charge in [-0.25, -0.2) is 0 Å². The smallest absolute Gasteiger partial charge is 0.304 e. The molecule has 0 amide bonds. The van der Waals surface area contributed by atoms with Crippen molar-refractivity contribution in [2.24, 2.45) is 0 Å². The minimum Gasteiger partial charge on any atom is -0.491 e. The molecule has 1 unspecified atom stereocenters. The summed E-state index contributed by atoms with van der Waals surface area (Å²) in [4.78, 5) is 13.5. The largest absolute Gasteiger partial charge is 0.491 e. The van der Waals surface area contributed by atoms with Crippen LogP contribution in [0.3, 0.4) is 0 Å². The third kappa shape index (κ3) is 4.97. The van der Waals surface area contributed by atoms with E-state index in [4.69, 9.17) is 16.3 Å². The molecule has 1 atom stereocenters. The number of aromatic nitrogens is 1. The van der Waals surface area contributed by atoms with Crippen molar-refractivity contribution in [2.45, 2.75) is 12.6 Å². The fraction of sp³-hybridized carbons (Fsp3) is 0.308. The van der Waals surface area contributed by atoms with Gasteiger partial charge in [0.25, 0.3) is 0 Å². The molecule has 5 nitrogen and oxygen atoms in total. The summed E-state index contributed by atoms with van der Waals surface area (Å²) in [7, 11) is 0. The first-order chi connectivity index (χ1) is 9.63. The van der Waals surface area contributed by atoms with E-state index in [1.807, 2.05) is 0 Å². The second-order valence-electron chi connectivity index (χ2n) is 4.22. The van der Waals surface area contributed by atoms with Crippen molar-refractivity contribution < 1.29 is 9.84 Å². The van der Waals surface area contributed by atoms with E-state index >= 15 is 0 Å². The summed E-state index contributed by atoms with van der Waals surface area (Å²) >= 11 is 6.89. The first-order valence-corrected chi connectivity index (χ1v) is 7.33. The average molecular weight is 315 g/mol. The minimum atomic E-state index is -0.629. The number of ether oxygens (including phenoxy) is 1. The van der Waals surface area contributed by atoms with E-state index in [0.717, 1.165) is 17.0 Å². The fourth-order valence-electron chi connectivity index (χ4n) is 1.56. The van der Waals surface area contributed by atoms with Gasteiger partial charge in [0.2, 0.25) is 0 Å². The lowest BCUT2D eigenvalue weighted by Gasteiger charge is -2.13. The number of halogens is 1. The molecule has 108 valence electrons. The zero-order valence-electron chi connectivity index (χ0n) is 10.6. The highest BCUT2D eigenvalue weighted by Gasteiger charge is 2.05. The molecule has 3 N–H and O–H groups in total. The maximum Gasteiger partial charge on any atom is 0.304 e. The van der Waals surface area contributed by atoms with E-state index in [2.05, 4.69) is 10.3 Å². The molecule has 0 spiro atoms. The van der Waals surface area contributed by atoms with Crippen LogP contribution in [0.4, 0.5) is 0 Å². The van der Waals surface area contributed by atoms with E-state index in [9.17, 15) is 9.90 Å². The van der Waals surface area contributed by atoms with Gasteiger partial charge in [0.05, 0.1) is 0 Å². The molecular formula is C13H15ClN2O3S. The first kappa shape index (κ1) is 15.1. The van der Waals surface area contributed by atoms with Crippen molar-refractivity contribution in [1.82, 2.24) is 10.3 Å². The van der Waals surface area contributed by atoms with Crippen LogP contribution >= 0.6 is 22.9 Å². The third-order valence-corrected chi connectivity index (χ3v) is 3.49. The van der Waals surface area contributed by atoms with Crippen molar-refractivity contribution in [1.29, 1.82) is 0 Å².